The molecule has 0 radical (unpaired) electrons. The molecule has 2 aromatic carbocycles. The Morgan fingerprint density at radius 1 is 1.19 bits per heavy atom. The topological polar surface area (TPSA) is 67.4 Å². The molecule has 0 bridgehead atoms. The van der Waals surface area contributed by atoms with Crippen molar-refractivity contribution < 1.29 is 18.8 Å². The zero-order chi connectivity index (χ0) is 18.4. The highest BCUT2D eigenvalue weighted by molar-refractivity contribution is 8.00. The van der Waals surface area contributed by atoms with Gasteiger partial charge in [0.05, 0.1) is 11.9 Å². The van der Waals surface area contributed by atoms with Gasteiger partial charge in [-0.2, -0.15) is 0 Å². The van der Waals surface area contributed by atoms with Gasteiger partial charge in [0, 0.05) is 5.75 Å². The van der Waals surface area contributed by atoms with Crippen LogP contribution in [0.2, 0.25) is 0 Å². The number of hydroxylamine groups is 1. The van der Waals surface area contributed by atoms with E-state index in [1.165, 1.54) is 17.8 Å². The maximum absolute atomic E-state index is 13.7. The third-order valence-electron chi connectivity index (χ3n) is 4.01. The average Bonchev–Trinajstić information content (AvgIpc) is 2.66. The Kier molecular flexibility index (Phi) is 6.25. The molecule has 0 saturated carbocycles. The minimum atomic E-state index is -0.667. The second-order valence-corrected chi connectivity index (χ2v) is 7.15. The average molecular weight is 374 g/mol. The smallest absolute Gasteiger partial charge is 0.266 e. The number of hydrogen-bond donors (Lipinski definition) is 2. The molecular weight excluding hydrogens is 355 g/mol. The second kappa shape index (κ2) is 8.82. The van der Waals surface area contributed by atoms with Crippen molar-refractivity contribution in [1.82, 2.24) is 10.8 Å². The Morgan fingerprint density at radius 3 is 2.65 bits per heavy atom. The summed E-state index contributed by atoms with van der Waals surface area (Å²) < 4.78 is 13.7. The van der Waals surface area contributed by atoms with E-state index in [1.807, 2.05) is 30.3 Å². The van der Waals surface area contributed by atoms with Crippen molar-refractivity contribution in [1.29, 1.82) is 0 Å². The number of carbonyl (C=O) groups is 2. The van der Waals surface area contributed by atoms with Gasteiger partial charge in [-0.25, -0.2) is 9.87 Å². The normalized spacial score (nSPS) is 19.7. The summed E-state index contributed by atoms with van der Waals surface area (Å²) in [5.41, 5.74) is 3.79. The first-order valence-electron chi connectivity index (χ1n) is 8.24. The third kappa shape index (κ3) is 4.83. The molecule has 2 N–H and O–H groups in total. The zero-order valence-corrected chi connectivity index (χ0v) is 14.8. The quantitative estimate of drug-likeness (QED) is 0.761. The molecule has 1 heterocycles. The monoisotopic (exact) mass is 374 g/mol. The molecular formula is C19H19FN2O3S. The molecule has 3 rings (SSSR count). The molecule has 2 aromatic rings. The van der Waals surface area contributed by atoms with Crippen LogP contribution in [0.4, 0.5) is 4.39 Å². The summed E-state index contributed by atoms with van der Waals surface area (Å²) in [6.07, 6.45) is 0.294. The van der Waals surface area contributed by atoms with Gasteiger partial charge in [0.15, 0.2) is 0 Å². The molecule has 0 aromatic heterocycles. The van der Waals surface area contributed by atoms with E-state index in [2.05, 4.69) is 10.8 Å². The van der Waals surface area contributed by atoms with E-state index in [9.17, 15) is 14.0 Å². The van der Waals surface area contributed by atoms with Crippen LogP contribution < -0.4 is 10.8 Å². The van der Waals surface area contributed by atoms with E-state index in [0.717, 1.165) is 5.56 Å². The molecule has 1 saturated heterocycles. The number of thioether (sulfide) groups is 1. The Bertz CT molecular complexity index is 772. The molecule has 26 heavy (non-hydrogen) atoms. The number of amides is 2. The number of halogens is 1. The molecule has 5 nitrogen and oxygen atoms in total. The van der Waals surface area contributed by atoms with Crippen molar-refractivity contribution in [3.63, 3.8) is 0 Å². The van der Waals surface area contributed by atoms with Crippen LogP contribution in [0, 0.1) is 5.82 Å². The number of nitrogens with one attached hydrogen (secondary N) is 2. The van der Waals surface area contributed by atoms with E-state index in [4.69, 9.17) is 4.84 Å². The molecule has 2 atom stereocenters. The lowest BCUT2D eigenvalue weighted by Crippen LogP contribution is -2.54. The summed E-state index contributed by atoms with van der Waals surface area (Å²) in [7, 11) is 0. The first kappa shape index (κ1) is 18.4. The predicted octanol–water partition coefficient (Wildman–Crippen LogP) is 2.22. The van der Waals surface area contributed by atoms with Crippen molar-refractivity contribution in [3.05, 3.63) is 71.5 Å². The summed E-state index contributed by atoms with van der Waals surface area (Å²) in [5, 5.41) is 2.26. The molecule has 136 valence electrons. The number of hydrogen-bond acceptors (Lipinski definition) is 4. The largest absolute Gasteiger partial charge is 0.342 e. The van der Waals surface area contributed by atoms with Crippen LogP contribution in [0.1, 0.15) is 11.1 Å². The SMILES string of the molecule is O=C(NOCc1ccccc1)C1CSC(Cc2ccccc2F)C(=O)N1. The first-order valence-corrected chi connectivity index (χ1v) is 9.29. The standard InChI is InChI=1S/C19H19FN2O3S/c20-15-9-5-4-8-14(15)10-17-19(24)21-16(12-26-17)18(23)22-25-11-13-6-2-1-3-7-13/h1-9,16-17H,10-12H2,(H,21,24)(H,22,23). The second-order valence-electron chi connectivity index (χ2n) is 5.92. The molecule has 2 unspecified atom stereocenters. The van der Waals surface area contributed by atoms with Crippen LogP contribution in [-0.2, 0) is 27.5 Å². The fourth-order valence-electron chi connectivity index (χ4n) is 2.59. The van der Waals surface area contributed by atoms with E-state index in [0.29, 0.717) is 17.7 Å². The van der Waals surface area contributed by atoms with Crippen LogP contribution in [0.25, 0.3) is 0 Å². The highest BCUT2D eigenvalue weighted by Gasteiger charge is 2.32. The first-order chi connectivity index (χ1) is 12.6. The summed E-state index contributed by atoms with van der Waals surface area (Å²) in [6, 6.07) is 15.2. The fourth-order valence-corrected chi connectivity index (χ4v) is 3.76. The minimum Gasteiger partial charge on any atom is -0.342 e. The summed E-state index contributed by atoms with van der Waals surface area (Å²) >= 11 is 1.35. The highest BCUT2D eigenvalue weighted by atomic mass is 32.2. The molecule has 2 amide bonds. The Hall–Kier alpha value is -2.38. The number of carbonyl (C=O) groups excluding carboxylic acids is 2. The maximum Gasteiger partial charge on any atom is 0.266 e. The minimum absolute atomic E-state index is 0.246. The summed E-state index contributed by atoms with van der Waals surface area (Å²) in [6.45, 7) is 0.246. The molecule has 1 fully saturated rings. The zero-order valence-electron chi connectivity index (χ0n) is 14.0. The van der Waals surface area contributed by atoms with Crippen molar-refractivity contribution in [2.45, 2.75) is 24.3 Å². The number of rotatable bonds is 6. The number of benzene rings is 2. The van der Waals surface area contributed by atoms with E-state index in [-0.39, 0.29) is 18.3 Å². The lowest BCUT2D eigenvalue weighted by atomic mass is 10.1. The van der Waals surface area contributed by atoms with Gasteiger partial charge in [-0.15, -0.1) is 11.8 Å². The molecule has 1 aliphatic heterocycles. The van der Waals surface area contributed by atoms with Gasteiger partial charge in [-0.3, -0.25) is 14.4 Å². The van der Waals surface area contributed by atoms with Crippen LogP contribution >= 0.6 is 11.8 Å². The van der Waals surface area contributed by atoms with Gasteiger partial charge in [-0.1, -0.05) is 48.5 Å². The lowest BCUT2D eigenvalue weighted by molar-refractivity contribution is -0.138. The maximum atomic E-state index is 13.7. The van der Waals surface area contributed by atoms with E-state index < -0.39 is 17.2 Å². The van der Waals surface area contributed by atoms with Crippen LogP contribution in [0.3, 0.4) is 0 Å². The van der Waals surface area contributed by atoms with Gasteiger partial charge in [0.1, 0.15) is 11.9 Å². The Balaban J connectivity index is 1.46. The Morgan fingerprint density at radius 2 is 1.92 bits per heavy atom. The van der Waals surface area contributed by atoms with Gasteiger partial charge in [0.25, 0.3) is 5.91 Å². The van der Waals surface area contributed by atoms with Gasteiger partial charge >= 0.3 is 0 Å². The summed E-state index contributed by atoms with van der Waals surface area (Å²) in [5.74, 6) is -0.584. The van der Waals surface area contributed by atoms with Gasteiger partial charge in [-0.05, 0) is 23.6 Å². The van der Waals surface area contributed by atoms with Crippen LogP contribution in [-0.4, -0.2) is 28.9 Å². The molecule has 0 aliphatic carbocycles. The Labute approximate surface area is 155 Å². The van der Waals surface area contributed by atoms with Crippen LogP contribution in [0.5, 0.6) is 0 Å². The molecule has 7 heteroatoms. The van der Waals surface area contributed by atoms with Gasteiger partial charge in [0.2, 0.25) is 5.91 Å². The van der Waals surface area contributed by atoms with Crippen LogP contribution in [0.15, 0.2) is 54.6 Å². The predicted molar refractivity (Wildman–Crippen MR) is 97.7 cm³/mol. The van der Waals surface area contributed by atoms with E-state index in [1.54, 1.807) is 18.2 Å². The van der Waals surface area contributed by atoms with Crippen molar-refractivity contribution in [2.24, 2.45) is 0 Å². The molecule has 0 spiro atoms. The van der Waals surface area contributed by atoms with E-state index >= 15 is 0 Å². The van der Waals surface area contributed by atoms with Crippen molar-refractivity contribution in [2.75, 3.05) is 5.75 Å². The third-order valence-corrected chi connectivity index (χ3v) is 5.32. The molecule has 1 aliphatic rings. The fraction of sp³-hybridized carbons (Fsp3) is 0.263. The van der Waals surface area contributed by atoms with Crippen molar-refractivity contribution >= 4 is 23.6 Å². The summed E-state index contributed by atoms with van der Waals surface area (Å²) in [4.78, 5) is 29.6. The van der Waals surface area contributed by atoms with Gasteiger partial charge < -0.3 is 5.32 Å². The lowest BCUT2D eigenvalue weighted by Gasteiger charge is -2.28. The highest BCUT2D eigenvalue weighted by Crippen LogP contribution is 2.23. The van der Waals surface area contributed by atoms with Crippen molar-refractivity contribution in [3.8, 4) is 0 Å².